The van der Waals surface area contributed by atoms with Crippen molar-refractivity contribution < 1.29 is 9.84 Å². The number of benzene rings is 1. The number of rotatable bonds is 2. The average Bonchev–Trinajstić information content (AvgIpc) is 2.31. The molecule has 1 aromatic carbocycles. The number of ether oxygens (including phenoxy) is 1. The molecule has 1 aromatic rings. The lowest BCUT2D eigenvalue weighted by Crippen LogP contribution is -2.34. The topological polar surface area (TPSA) is 29.5 Å². The molecule has 2 nitrogen and oxygen atoms in total. The van der Waals surface area contributed by atoms with E-state index in [2.05, 4.69) is 32.9 Å². The van der Waals surface area contributed by atoms with Crippen molar-refractivity contribution >= 4 is 0 Å². The molecule has 0 bridgehead atoms. The molecule has 0 amide bonds. The Bertz CT molecular complexity index is 392. The summed E-state index contributed by atoms with van der Waals surface area (Å²) >= 11 is 0. The van der Waals surface area contributed by atoms with Gasteiger partial charge in [-0.1, -0.05) is 39.3 Å². The fourth-order valence-corrected chi connectivity index (χ4v) is 2.43. The van der Waals surface area contributed by atoms with Crippen LogP contribution in [0, 0.1) is 0 Å². The standard InChI is InChI=1S/C16H24O2/c1-16(2,3)12-7-6-8-13(11-12)18-15-10-5-4-9-14(15)17/h6-8,11,14-15,17H,4-5,9-10H2,1-3H3/t14-,15-/m0/s1. The number of aliphatic hydroxyl groups excluding tert-OH is 1. The van der Waals surface area contributed by atoms with Gasteiger partial charge in [0, 0.05) is 0 Å². The van der Waals surface area contributed by atoms with Crippen LogP contribution in [0.5, 0.6) is 5.75 Å². The molecule has 0 radical (unpaired) electrons. The van der Waals surface area contributed by atoms with Gasteiger partial charge in [0.25, 0.3) is 0 Å². The van der Waals surface area contributed by atoms with E-state index in [1.165, 1.54) is 5.56 Å². The molecule has 0 heterocycles. The first-order valence-corrected chi connectivity index (χ1v) is 6.92. The number of hydrogen-bond donors (Lipinski definition) is 1. The van der Waals surface area contributed by atoms with E-state index < -0.39 is 0 Å². The summed E-state index contributed by atoms with van der Waals surface area (Å²) in [5, 5.41) is 9.93. The predicted octanol–water partition coefficient (Wildman–Crippen LogP) is 3.67. The predicted molar refractivity (Wildman–Crippen MR) is 74.0 cm³/mol. The maximum absolute atomic E-state index is 9.93. The van der Waals surface area contributed by atoms with Crippen LogP contribution in [0.3, 0.4) is 0 Å². The molecule has 0 aromatic heterocycles. The van der Waals surface area contributed by atoms with Crippen LogP contribution in [0.1, 0.15) is 52.0 Å². The van der Waals surface area contributed by atoms with Crippen molar-refractivity contribution in [2.24, 2.45) is 0 Å². The Kier molecular flexibility index (Phi) is 3.96. The lowest BCUT2D eigenvalue weighted by atomic mass is 9.87. The molecule has 2 rings (SSSR count). The first kappa shape index (κ1) is 13.4. The molecular formula is C16H24O2. The van der Waals surface area contributed by atoms with Crippen LogP contribution in [0.25, 0.3) is 0 Å². The Morgan fingerprint density at radius 1 is 1.17 bits per heavy atom. The molecule has 0 saturated heterocycles. The normalized spacial score (nSPS) is 24.9. The van der Waals surface area contributed by atoms with Crippen LogP contribution in [0.15, 0.2) is 24.3 Å². The fourth-order valence-electron chi connectivity index (χ4n) is 2.43. The minimum absolute atomic E-state index is 0.0334. The van der Waals surface area contributed by atoms with E-state index in [1.807, 2.05) is 12.1 Å². The maximum Gasteiger partial charge on any atom is 0.124 e. The summed E-state index contributed by atoms with van der Waals surface area (Å²) in [7, 11) is 0. The van der Waals surface area contributed by atoms with E-state index in [9.17, 15) is 5.11 Å². The minimum atomic E-state index is -0.308. The van der Waals surface area contributed by atoms with Gasteiger partial charge in [0.05, 0.1) is 6.10 Å². The van der Waals surface area contributed by atoms with Crippen LogP contribution < -0.4 is 4.74 Å². The third-order valence-electron chi connectivity index (χ3n) is 3.66. The van der Waals surface area contributed by atoms with Gasteiger partial charge in [0.2, 0.25) is 0 Å². The Balaban J connectivity index is 2.09. The van der Waals surface area contributed by atoms with E-state index in [0.29, 0.717) is 0 Å². The molecule has 2 heteroatoms. The summed E-state index contributed by atoms with van der Waals surface area (Å²) < 4.78 is 5.95. The number of hydrogen-bond acceptors (Lipinski definition) is 2. The highest BCUT2D eigenvalue weighted by molar-refractivity contribution is 5.32. The van der Waals surface area contributed by atoms with Crippen molar-refractivity contribution in [2.75, 3.05) is 0 Å². The van der Waals surface area contributed by atoms with Crippen molar-refractivity contribution in [3.05, 3.63) is 29.8 Å². The van der Waals surface area contributed by atoms with Gasteiger partial charge in [0.15, 0.2) is 0 Å². The summed E-state index contributed by atoms with van der Waals surface area (Å²) in [6.45, 7) is 6.59. The monoisotopic (exact) mass is 248 g/mol. The van der Waals surface area contributed by atoms with Gasteiger partial charge in [-0.2, -0.15) is 0 Å². The smallest absolute Gasteiger partial charge is 0.124 e. The summed E-state index contributed by atoms with van der Waals surface area (Å²) in [5.41, 5.74) is 1.40. The Labute approximate surface area is 110 Å². The van der Waals surface area contributed by atoms with Crippen LogP contribution in [0.2, 0.25) is 0 Å². The molecule has 1 N–H and O–H groups in total. The minimum Gasteiger partial charge on any atom is -0.488 e. The molecule has 1 fully saturated rings. The third kappa shape index (κ3) is 3.26. The van der Waals surface area contributed by atoms with Crippen molar-refractivity contribution in [1.29, 1.82) is 0 Å². The van der Waals surface area contributed by atoms with Gasteiger partial charge in [-0.3, -0.25) is 0 Å². The Hall–Kier alpha value is -1.02. The lowest BCUT2D eigenvalue weighted by Gasteiger charge is -2.29. The van der Waals surface area contributed by atoms with E-state index in [-0.39, 0.29) is 17.6 Å². The van der Waals surface area contributed by atoms with Gasteiger partial charge >= 0.3 is 0 Å². The summed E-state index contributed by atoms with van der Waals surface area (Å²) in [6, 6.07) is 8.24. The largest absolute Gasteiger partial charge is 0.488 e. The van der Waals surface area contributed by atoms with Gasteiger partial charge < -0.3 is 9.84 Å². The first-order valence-electron chi connectivity index (χ1n) is 6.92. The molecule has 1 aliphatic carbocycles. The van der Waals surface area contributed by atoms with E-state index >= 15 is 0 Å². The van der Waals surface area contributed by atoms with Crippen LogP contribution >= 0.6 is 0 Å². The zero-order valence-corrected chi connectivity index (χ0v) is 11.6. The maximum atomic E-state index is 9.93. The molecule has 18 heavy (non-hydrogen) atoms. The fraction of sp³-hybridized carbons (Fsp3) is 0.625. The number of aliphatic hydroxyl groups is 1. The van der Waals surface area contributed by atoms with Gasteiger partial charge in [-0.15, -0.1) is 0 Å². The van der Waals surface area contributed by atoms with Crippen LogP contribution in [0.4, 0.5) is 0 Å². The molecular weight excluding hydrogens is 224 g/mol. The van der Waals surface area contributed by atoms with E-state index in [1.54, 1.807) is 0 Å². The highest BCUT2D eigenvalue weighted by atomic mass is 16.5. The molecule has 0 spiro atoms. The van der Waals surface area contributed by atoms with Crippen LogP contribution in [-0.2, 0) is 5.41 Å². The Morgan fingerprint density at radius 2 is 1.89 bits per heavy atom. The molecule has 0 unspecified atom stereocenters. The summed E-state index contributed by atoms with van der Waals surface area (Å²) in [5.74, 6) is 0.883. The lowest BCUT2D eigenvalue weighted by molar-refractivity contribution is 0.00681. The first-order chi connectivity index (χ1) is 8.47. The second kappa shape index (κ2) is 5.31. The SMILES string of the molecule is CC(C)(C)c1cccc(O[C@H]2CCCC[C@@H]2O)c1. The Morgan fingerprint density at radius 3 is 2.56 bits per heavy atom. The summed E-state index contributed by atoms with van der Waals surface area (Å²) in [6.07, 6.45) is 3.75. The van der Waals surface area contributed by atoms with Crippen molar-refractivity contribution in [2.45, 2.75) is 64.1 Å². The highest BCUT2D eigenvalue weighted by Gasteiger charge is 2.25. The molecule has 2 atom stereocenters. The van der Waals surface area contributed by atoms with Gasteiger partial charge in [-0.25, -0.2) is 0 Å². The van der Waals surface area contributed by atoms with E-state index in [0.717, 1.165) is 31.4 Å². The third-order valence-corrected chi connectivity index (χ3v) is 3.66. The highest BCUT2D eigenvalue weighted by Crippen LogP contribution is 2.28. The van der Waals surface area contributed by atoms with Gasteiger partial charge in [0.1, 0.15) is 11.9 Å². The second-order valence-corrected chi connectivity index (χ2v) is 6.29. The zero-order chi connectivity index (χ0) is 13.2. The zero-order valence-electron chi connectivity index (χ0n) is 11.6. The van der Waals surface area contributed by atoms with Crippen molar-refractivity contribution in [1.82, 2.24) is 0 Å². The molecule has 0 aliphatic heterocycles. The average molecular weight is 248 g/mol. The van der Waals surface area contributed by atoms with Crippen LogP contribution in [-0.4, -0.2) is 17.3 Å². The quantitative estimate of drug-likeness (QED) is 0.865. The van der Waals surface area contributed by atoms with Crippen molar-refractivity contribution in [3.63, 3.8) is 0 Å². The van der Waals surface area contributed by atoms with Crippen molar-refractivity contribution in [3.8, 4) is 5.75 Å². The molecule has 1 saturated carbocycles. The molecule has 1 aliphatic rings. The molecule has 100 valence electrons. The second-order valence-electron chi connectivity index (χ2n) is 6.29. The van der Waals surface area contributed by atoms with E-state index in [4.69, 9.17) is 4.74 Å². The summed E-state index contributed by atoms with van der Waals surface area (Å²) in [4.78, 5) is 0. The van der Waals surface area contributed by atoms with Gasteiger partial charge in [-0.05, 0) is 42.4 Å².